The molecule has 0 unspecified atom stereocenters. The smallest absolute Gasteiger partial charge is 0.0924 e. The standard InChI is InChI=1S/C13H18N4/c1-9(2)15-8-12-7-13(17-16-12)10-3-5-11(14)6-4-10/h3-7,9,15H,8,14H2,1-2H3,(H,16,17). The lowest BCUT2D eigenvalue weighted by atomic mass is 10.1. The van der Waals surface area contributed by atoms with Crippen LogP contribution in [0, 0.1) is 0 Å². The van der Waals surface area contributed by atoms with Gasteiger partial charge in [0, 0.05) is 29.5 Å². The second-order valence-corrected chi connectivity index (χ2v) is 4.44. The van der Waals surface area contributed by atoms with Gasteiger partial charge in [-0.1, -0.05) is 26.0 Å². The maximum Gasteiger partial charge on any atom is 0.0924 e. The third kappa shape index (κ3) is 3.07. The number of aromatic amines is 1. The zero-order valence-electron chi connectivity index (χ0n) is 10.2. The fourth-order valence-electron chi connectivity index (χ4n) is 1.57. The molecule has 0 fully saturated rings. The van der Waals surface area contributed by atoms with E-state index in [1.165, 1.54) is 0 Å². The minimum Gasteiger partial charge on any atom is -0.399 e. The molecule has 0 amide bonds. The van der Waals surface area contributed by atoms with Crippen LogP contribution in [0.3, 0.4) is 0 Å². The van der Waals surface area contributed by atoms with Crippen LogP contribution in [0.2, 0.25) is 0 Å². The Kier molecular flexibility index (Phi) is 3.44. The van der Waals surface area contributed by atoms with Gasteiger partial charge in [0.2, 0.25) is 0 Å². The Hall–Kier alpha value is -1.81. The van der Waals surface area contributed by atoms with Crippen LogP contribution in [0.4, 0.5) is 5.69 Å². The van der Waals surface area contributed by atoms with Crippen LogP contribution in [-0.2, 0) is 6.54 Å². The van der Waals surface area contributed by atoms with Gasteiger partial charge in [-0.3, -0.25) is 5.10 Å². The largest absolute Gasteiger partial charge is 0.399 e. The molecule has 0 radical (unpaired) electrons. The lowest BCUT2D eigenvalue weighted by Gasteiger charge is -2.04. The van der Waals surface area contributed by atoms with Crippen LogP contribution in [0.5, 0.6) is 0 Å². The van der Waals surface area contributed by atoms with E-state index in [1.54, 1.807) is 0 Å². The van der Waals surface area contributed by atoms with Crippen LogP contribution in [0.1, 0.15) is 19.5 Å². The van der Waals surface area contributed by atoms with Crippen LogP contribution in [-0.4, -0.2) is 16.2 Å². The molecule has 2 aromatic rings. The molecule has 1 aromatic carbocycles. The van der Waals surface area contributed by atoms with Gasteiger partial charge < -0.3 is 11.1 Å². The molecule has 2 rings (SSSR count). The number of nitrogens with one attached hydrogen (secondary N) is 2. The summed E-state index contributed by atoms with van der Waals surface area (Å²) in [7, 11) is 0. The number of anilines is 1. The number of hydrogen-bond donors (Lipinski definition) is 3. The van der Waals surface area contributed by atoms with E-state index in [1.807, 2.05) is 24.3 Å². The zero-order valence-corrected chi connectivity index (χ0v) is 10.2. The molecule has 17 heavy (non-hydrogen) atoms. The third-order valence-corrected chi connectivity index (χ3v) is 2.54. The minimum absolute atomic E-state index is 0.471. The summed E-state index contributed by atoms with van der Waals surface area (Å²) < 4.78 is 0. The van der Waals surface area contributed by atoms with Gasteiger partial charge in [-0.25, -0.2) is 0 Å². The van der Waals surface area contributed by atoms with Crippen LogP contribution < -0.4 is 11.1 Å². The first-order valence-electron chi connectivity index (χ1n) is 5.79. The zero-order chi connectivity index (χ0) is 12.3. The Morgan fingerprint density at radius 2 is 2.00 bits per heavy atom. The normalized spacial score (nSPS) is 11.0. The van der Waals surface area contributed by atoms with E-state index in [-0.39, 0.29) is 0 Å². The number of hydrogen-bond acceptors (Lipinski definition) is 3. The molecule has 0 aliphatic carbocycles. The average Bonchev–Trinajstić information content (AvgIpc) is 2.76. The molecule has 0 saturated heterocycles. The van der Waals surface area contributed by atoms with Crippen molar-refractivity contribution in [2.24, 2.45) is 0 Å². The molecule has 1 heterocycles. The van der Waals surface area contributed by atoms with E-state index >= 15 is 0 Å². The predicted octanol–water partition coefficient (Wildman–Crippen LogP) is 2.16. The second-order valence-electron chi connectivity index (χ2n) is 4.44. The van der Waals surface area contributed by atoms with Gasteiger partial charge in [0.1, 0.15) is 0 Å². The highest BCUT2D eigenvalue weighted by Crippen LogP contribution is 2.18. The van der Waals surface area contributed by atoms with E-state index in [0.29, 0.717) is 6.04 Å². The molecule has 4 heteroatoms. The molecule has 1 aromatic heterocycles. The Morgan fingerprint density at radius 1 is 1.29 bits per heavy atom. The van der Waals surface area contributed by atoms with E-state index in [9.17, 15) is 0 Å². The first kappa shape index (κ1) is 11.7. The molecule has 4 nitrogen and oxygen atoms in total. The maximum atomic E-state index is 5.65. The van der Waals surface area contributed by atoms with Gasteiger partial charge in [-0.05, 0) is 18.2 Å². The molecule has 4 N–H and O–H groups in total. The number of nitrogen functional groups attached to an aromatic ring is 1. The van der Waals surface area contributed by atoms with Gasteiger partial charge in [0.25, 0.3) is 0 Å². The van der Waals surface area contributed by atoms with Crippen LogP contribution >= 0.6 is 0 Å². The van der Waals surface area contributed by atoms with Crippen LogP contribution in [0.25, 0.3) is 11.3 Å². The molecular weight excluding hydrogens is 212 g/mol. The summed E-state index contributed by atoms with van der Waals surface area (Å²) in [6.45, 7) is 5.05. The third-order valence-electron chi connectivity index (χ3n) is 2.54. The van der Waals surface area contributed by atoms with Crippen molar-refractivity contribution >= 4 is 5.69 Å². The molecule has 0 atom stereocenters. The van der Waals surface area contributed by atoms with Crippen molar-refractivity contribution < 1.29 is 0 Å². The summed E-state index contributed by atoms with van der Waals surface area (Å²) in [4.78, 5) is 0. The average molecular weight is 230 g/mol. The molecule has 0 spiro atoms. The number of benzene rings is 1. The van der Waals surface area contributed by atoms with E-state index in [4.69, 9.17) is 5.73 Å². The fraction of sp³-hybridized carbons (Fsp3) is 0.308. The second kappa shape index (κ2) is 5.01. The van der Waals surface area contributed by atoms with Crippen molar-refractivity contribution in [2.75, 3.05) is 5.73 Å². The lowest BCUT2D eigenvalue weighted by Crippen LogP contribution is -2.21. The number of aromatic nitrogens is 2. The highest BCUT2D eigenvalue weighted by molar-refractivity contribution is 5.61. The van der Waals surface area contributed by atoms with Crippen molar-refractivity contribution in [3.8, 4) is 11.3 Å². The van der Waals surface area contributed by atoms with Gasteiger partial charge in [0.05, 0.1) is 5.69 Å². The summed E-state index contributed by atoms with van der Waals surface area (Å²) in [5, 5.41) is 10.7. The molecular formula is C13H18N4. The summed E-state index contributed by atoms with van der Waals surface area (Å²) in [6, 6.07) is 10.3. The quantitative estimate of drug-likeness (QED) is 0.705. The van der Waals surface area contributed by atoms with Crippen molar-refractivity contribution in [1.29, 1.82) is 0 Å². The molecule has 90 valence electrons. The summed E-state index contributed by atoms with van der Waals surface area (Å²) >= 11 is 0. The topological polar surface area (TPSA) is 66.7 Å². The van der Waals surface area contributed by atoms with Crippen molar-refractivity contribution in [2.45, 2.75) is 26.4 Å². The first-order valence-corrected chi connectivity index (χ1v) is 5.79. The van der Waals surface area contributed by atoms with Gasteiger partial charge in [-0.15, -0.1) is 0 Å². The van der Waals surface area contributed by atoms with E-state index < -0.39 is 0 Å². The molecule has 0 aliphatic heterocycles. The molecule has 0 aliphatic rings. The fourth-order valence-corrected chi connectivity index (χ4v) is 1.57. The number of nitrogens with two attached hydrogens (primary N) is 1. The summed E-state index contributed by atoms with van der Waals surface area (Å²) in [5.41, 5.74) is 9.54. The van der Waals surface area contributed by atoms with E-state index in [0.717, 1.165) is 29.2 Å². The highest BCUT2D eigenvalue weighted by atomic mass is 15.1. The molecule has 0 saturated carbocycles. The number of rotatable bonds is 4. The lowest BCUT2D eigenvalue weighted by molar-refractivity contribution is 0.580. The van der Waals surface area contributed by atoms with Crippen molar-refractivity contribution in [3.05, 3.63) is 36.0 Å². The van der Waals surface area contributed by atoms with Gasteiger partial charge >= 0.3 is 0 Å². The molecule has 0 bridgehead atoms. The first-order chi connectivity index (χ1) is 8.15. The van der Waals surface area contributed by atoms with E-state index in [2.05, 4.69) is 35.4 Å². The Bertz CT molecular complexity index is 470. The Labute approximate surface area is 101 Å². The SMILES string of the molecule is CC(C)NCc1cc(-c2ccc(N)cc2)n[nH]1. The van der Waals surface area contributed by atoms with Crippen molar-refractivity contribution in [3.63, 3.8) is 0 Å². The monoisotopic (exact) mass is 230 g/mol. The van der Waals surface area contributed by atoms with Crippen LogP contribution in [0.15, 0.2) is 30.3 Å². The van der Waals surface area contributed by atoms with Crippen molar-refractivity contribution in [1.82, 2.24) is 15.5 Å². The van der Waals surface area contributed by atoms with Gasteiger partial charge in [0.15, 0.2) is 0 Å². The summed E-state index contributed by atoms with van der Waals surface area (Å²) in [6.07, 6.45) is 0. The predicted molar refractivity (Wildman–Crippen MR) is 70.4 cm³/mol. The minimum atomic E-state index is 0.471. The van der Waals surface area contributed by atoms with Gasteiger partial charge in [-0.2, -0.15) is 5.10 Å². The number of H-pyrrole nitrogens is 1. The maximum absolute atomic E-state index is 5.65. The summed E-state index contributed by atoms with van der Waals surface area (Å²) in [5.74, 6) is 0. The Morgan fingerprint density at radius 3 is 2.65 bits per heavy atom. The highest BCUT2D eigenvalue weighted by Gasteiger charge is 2.04. The Balaban J connectivity index is 2.10. The number of nitrogens with zero attached hydrogens (tertiary/aromatic N) is 1.